The molecule has 0 N–H and O–H groups in total. The number of ether oxygens (including phenoxy) is 2. The normalized spacial score (nSPS) is 20.6. The topological polar surface area (TPSA) is 78.5 Å². The smallest absolute Gasteiger partial charge is 0.251 e. The highest BCUT2D eigenvalue weighted by atomic mass is 35.5. The van der Waals surface area contributed by atoms with Crippen molar-refractivity contribution in [2.45, 2.75) is 25.1 Å². The van der Waals surface area contributed by atoms with Crippen LogP contribution >= 0.6 is 11.6 Å². The summed E-state index contributed by atoms with van der Waals surface area (Å²) in [6.45, 7) is 6.40. The number of benzene rings is 2. The third-order valence-corrected chi connectivity index (χ3v) is 8.46. The molecule has 1 fully saturated rings. The molecule has 2 aromatic carbocycles. The van der Waals surface area contributed by atoms with Gasteiger partial charge in [-0.3, -0.25) is 9.59 Å². The van der Waals surface area contributed by atoms with Crippen molar-refractivity contribution in [2.24, 2.45) is 0 Å². The molecule has 3 aliphatic rings. The molecule has 3 aromatic rings. The van der Waals surface area contributed by atoms with Crippen molar-refractivity contribution in [1.82, 2.24) is 14.8 Å². The number of anilines is 2. The minimum atomic E-state index is -0.880. The fourth-order valence-electron chi connectivity index (χ4n) is 6.34. The number of nitrogens with zero attached hydrogens (tertiary/aromatic N) is 5. The van der Waals surface area contributed by atoms with E-state index in [1.54, 1.807) is 9.80 Å². The van der Waals surface area contributed by atoms with E-state index >= 15 is 8.78 Å². The molecule has 1 saturated heterocycles. The number of hydrogen-bond acceptors (Lipinski definition) is 7. The highest BCUT2D eigenvalue weighted by Crippen LogP contribution is 2.52. The van der Waals surface area contributed by atoms with Crippen molar-refractivity contribution in [3.8, 4) is 35.1 Å². The molecule has 12 heteroatoms. The zero-order valence-corrected chi connectivity index (χ0v) is 25.2. The number of halogens is 3. The number of piperazine rings is 1. The Balaban J connectivity index is 1.61. The second-order valence-corrected chi connectivity index (χ2v) is 11.7. The van der Waals surface area contributed by atoms with Gasteiger partial charge in [-0.1, -0.05) is 30.2 Å². The van der Waals surface area contributed by atoms with Crippen molar-refractivity contribution in [2.75, 3.05) is 56.7 Å². The summed E-state index contributed by atoms with van der Waals surface area (Å²) in [5.41, 5.74) is 0.392. The number of terminal acetylenes is 1. The van der Waals surface area contributed by atoms with Crippen LogP contribution in [0.3, 0.4) is 0 Å². The van der Waals surface area contributed by atoms with Gasteiger partial charge in [-0.25, -0.2) is 13.8 Å². The molecular weight excluding hydrogens is 592 g/mol. The van der Waals surface area contributed by atoms with E-state index in [2.05, 4.69) is 17.5 Å². The maximum atomic E-state index is 16.8. The molecule has 44 heavy (non-hydrogen) atoms. The van der Waals surface area contributed by atoms with E-state index in [1.165, 1.54) is 30.3 Å². The summed E-state index contributed by atoms with van der Waals surface area (Å²) in [6, 6.07) is 4.56. The van der Waals surface area contributed by atoms with Gasteiger partial charge in [-0.15, -0.1) is 6.42 Å². The molecule has 3 atom stereocenters. The summed E-state index contributed by atoms with van der Waals surface area (Å²) in [7, 11) is 3.75. The van der Waals surface area contributed by atoms with Crippen molar-refractivity contribution >= 4 is 45.7 Å². The molecule has 0 radical (unpaired) electrons. The summed E-state index contributed by atoms with van der Waals surface area (Å²) in [4.78, 5) is 38.4. The Labute approximate surface area is 258 Å². The fourth-order valence-corrected chi connectivity index (χ4v) is 6.63. The van der Waals surface area contributed by atoms with Gasteiger partial charge in [-0.05, 0) is 45.3 Å². The molecular formula is C32H30ClF2N5O4. The first kappa shape index (κ1) is 29.7. The first-order valence-electron chi connectivity index (χ1n) is 14.1. The van der Waals surface area contributed by atoms with Gasteiger partial charge in [0.2, 0.25) is 11.8 Å². The molecule has 228 valence electrons. The molecule has 6 rings (SSSR count). The standard InChI is InChI=1S/C32H30ClF2N5O4/c1-6-11-43-23-10-8-9-21(34)26(23)25-20(33)12-19-28(27(25)35)36-31-30-29(19)39-13-17(3)38(24(41)7-2)16-22(39)32(42)40(30)15-18(44-31)14-37(4)5/h1,7-10,12,17-18,22H,2,11,13-16H2,3-5H3/t17-,18-,22-/m1/s1. The predicted octanol–water partition coefficient (Wildman–Crippen LogP) is 4.11. The van der Waals surface area contributed by atoms with Gasteiger partial charge in [0.05, 0.1) is 29.4 Å². The number of carbonyl (C=O) groups is 2. The number of hydrogen-bond donors (Lipinski definition) is 0. The lowest BCUT2D eigenvalue weighted by atomic mass is 9.95. The van der Waals surface area contributed by atoms with Gasteiger partial charge in [0, 0.05) is 30.1 Å². The Hall–Kier alpha value is -4.40. The third-order valence-electron chi connectivity index (χ3n) is 8.16. The molecule has 4 heterocycles. The first-order chi connectivity index (χ1) is 21.0. The quantitative estimate of drug-likeness (QED) is 0.303. The van der Waals surface area contributed by atoms with Gasteiger partial charge < -0.3 is 29.1 Å². The number of amides is 2. The number of likely N-dealkylation sites (N-methyl/N-ethyl adjacent to an activating group) is 1. The SMILES string of the molecule is C#CCOc1cccc(F)c1-c1c(Cl)cc2c3c4c(nc2c1F)O[C@H](CN(C)C)CN4C(=O)[C@H]1CN(C(=O)C=C)[C@H](C)CN31. The van der Waals surface area contributed by atoms with Crippen LogP contribution in [0, 0.1) is 24.0 Å². The van der Waals surface area contributed by atoms with Crippen LogP contribution in [0.5, 0.6) is 11.6 Å². The molecule has 3 aliphatic heterocycles. The summed E-state index contributed by atoms with van der Waals surface area (Å²) in [5.74, 6) is 0.301. The average molecular weight is 622 g/mol. The number of fused-ring (bicyclic) bond motifs is 4. The number of pyridine rings is 1. The van der Waals surface area contributed by atoms with Gasteiger partial charge in [0.25, 0.3) is 5.91 Å². The number of carbonyl (C=O) groups excluding carboxylic acids is 2. The van der Waals surface area contributed by atoms with Crippen molar-refractivity contribution in [1.29, 1.82) is 0 Å². The minimum absolute atomic E-state index is 0.0263. The lowest BCUT2D eigenvalue weighted by Gasteiger charge is -2.52. The van der Waals surface area contributed by atoms with E-state index in [9.17, 15) is 9.59 Å². The summed E-state index contributed by atoms with van der Waals surface area (Å²) < 4.78 is 43.9. The van der Waals surface area contributed by atoms with Crippen LogP contribution in [0.2, 0.25) is 5.02 Å². The third kappa shape index (κ3) is 4.69. The zero-order valence-electron chi connectivity index (χ0n) is 24.4. The van der Waals surface area contributed by atoms with E-state index in [-0.39, 0.29) is 77.4 Å². The second-order valence-electron chi connectivity index (χ2n) is 11.3. The van der Waals surface area contributed by atoms with Gasteiger partial charge in [-0.2, -0.15) is 0 Å². The molecule has 9 nitrogen and oxygen atoms in total. The van der Waals surface area contributed by atoms with Crippen LogP contribution in [0.15, 0.2) is 36.9 Å². The Kier molecular flexibility index (Phi) is 7.59. The molecule has 0 spiro atoms. The van der Waals surface area contributed by atoms with Crippen molar-refractivity contribution in [3.05, 3.63) is 53.6 Å². The highest BCUT2D eigenvalue weighted by molar-refractivity contribution is 6.35. The first-order valence-corrected chi connectivity index (χ1v) is 14.5. The van der Waals surface area contributed by atoms with Crippen LogP contribution in [-0.4, -0.2) is 91.7 Å². The van der Waals surface area contributed by atoms with Crippen LogP contribution in [0.1, 0.15) is 6.92 Å². The van der Waals surface area contributed by atoms with Crippen LogP contribution in [0.4, 0.5) is 20.2 Å². The van der Waals surface area contributed by atoms with Crippen LogP contribution in [0.25, 0.3) is 22.0 Å². The Morgan fingerprint density at radius 1 is 1.27 bits per heavy atom. The lowest BCUT2D eigenvalue weighted by Crippen LogP contribution is -2.67. The molecule has 2 amide bonds. The van der Waals surface area contributed by atoms with Crippen molar-refractivity contribution in [3.63, 3.8) is 0 Å². The summed E-state index contributed by atoms with van der Waals surface area (Å²) >= 11 is 6.75. The summed E-state index contributed by atoms with van der Waals surface area (Å²) in [6.07, 6.45) is 6.10. The van der Waals surface area contributed by atoms with Crippen LogP contribution < -0.4 is 19.3 Å². The summed E-state index contributed by atoms with van der Waals surface area (Å²) in [5, 5.41) is 0.240. The van der Waals surface area contributed by atoms with Gasteiger partial charge >= 0.3 is 0 Å². The van der Waals surface area contributed by atoms with E-state index < -0.39 is 23.8 Å². The zero-order chi connectivity index (χ0) is 31.4. The minimum Gasteiger partial charge on any atom is -0.480 e. The maximum Gasteiger partial charge on any atom is 0.251 e. The van der Waals surface area contributed by atoms with E-state index in [1.807, 2.05) is 30.8 Å². The molecule has 0 aliphatic carbocycles. The molecule has 0 unspecified atom stereocenters. The Morgan fingerprint density at radius 3 is 2.75 bits per heavy atom. The van der Waals surface area contributed by atoms with Crippen molar-refractivity contribution < 1.29 is 27.8 Å². The van der Waals surface area contributed by atoms with E-state index in [0.29, 0.717) is 23.3 Å². The van der Waals surface area contributed by atoms with E-state index in [4.69, 9.17) is 27.5 Å². The van der Waals surface area contributed by atoms with Crippen LogP contribution in [-0.2, 0) is 9.59 Å². The van der Waals surface area contributed by atoms with Gasteiger partial charge in [0.15, 0.2) is 5.82 Å². The lowest BCUT2D eigenvalue weighted by molar-refractivity contribution is -0.131. The number of aromatic nitrogens is 1. The predicted molar refractivity (Wildman–Crippen MR) is 164 cm³/mol. The monoisotopic (exact) mass is 621 g/mol. The fraction of sp³-hybridized carbons (Fsp3) is 0.344. The van der Waals surface area contributed by atoms with Gasteiger partial charge in [0.1, 0.15) is 41.5 Å². The Bertz CT molecular complexity index is 1760. The average Bonchev–Trinajstić information content (AvgIpc) is 2.98. The number of rotatable bonds is 6. The Morgan fingerprint density at radius 2 is 2.05 bits per heavy atom. The molecule has 1 aromatic heterocycles. The maximum absolute atomic E-state index is 16.8. The second kappa shape index (κ2) is 11.3. The highest BCUT2D eigenvalue weighted by Gasteiger charge is 2.49. The molecule has 0 saturated carbocycles. The largest absolute Gasteiger partial charge is 0.480 e. The van der Waals surface area contributed by atoms with E-state index in [0.717, 1.165) is 0 Å². The molecule has 0 bridgehead atoms.